The second-order valence-electron chi connectivity index (χ2n) is 5.07. The normalized spacial score (nSPS) is 12.2. The molecule has 1 N–H and O–H groups in total. The zero-order chi connectivity index (χ0) is 15.2. The van der Waals surface area contributed by atoms with E-state index in [0.717, 1.165) is 31.1 Å². The van der Waals surface area contributed by atoms with Gasteiger partial charge >= 0.3 is 0 Å². The van der Waals surface area contributed by atoms with Crippen molar-refractivity contribution in [3.8, 4) is 0 Å². The summed E-state index contributed by atoms with van der Waals surface area (Å²) >= 11 is 0. The molecule has 5 heteroatoms. The van der Waals surface area contributed by atoms with Crippen LogP contribution in [0.25, 0.3) is 0 Å². The highest BCUT2D eigenvalue weighted by Gasteiger charge is 2.09. The van der Waals surface area contributed by atoms with Crippen LogP contribution < -0.4 is 10.2 Å². The summed E-state index contributed by atoms with van der Waals surface area (Å²) in [6.07, 6.45) is 5.89. The molecule has 0 amide bonds. The number of hydrogen-bond acceptors (Lipinski definition) is 4. The van der Waals surface area contributed by atoms with Gasteiger partial charge in [-0.25, -0.2) is 4.98 Å². The predicted molar refractivity (Wildman–Crippen MR) is 87.7 cm³/mol. The van der Waals surface area contributed by atoms with Gasteiger partial charge < -0.3 is 10.2 Å². The van der Waals surface area contributed by atoms with E-state index in [1.807, 2.05) is 17.1 Å². The number of hydrogen-bond donors (Lipinski definition) is 1. The first-order chi connectivity index (χ1) is 10.2. The molecule has 2 heterocycles. The number of aryl methyl sites for hydroxylation is 1. The van der Waals surface area contributed by atoms with Gasteiger partial charge in [-0.3, -0.25) is 4.68 Å². The molecule has 2 aromatic rings. The van der Waals surface area contributed by atoms with Crippen LogP contribution in [-0.2, 0) is 6.54 Å². The van der Waals surface area contributed by atoms with Crippen molar-refractivity contribution in [2.75, 3.05) is 23.3 Å². The van der Waals surface area contributed by atoms with Gasteiger partial charge in [0.1, 0.15) is 5.82 Å². The van der Waals surface area contributed by atoms with Gasteiger partial charge in [0.2, 0.25) is 0 Å². The maximum Gasteiger partial charge on any atom is 0.128 e. The first kappa shape index (κ1) is 15.4. The monoisotopic (exact) mass is 287 g/mol. The zero-order valence-corrected chi connectivity index (χ0v) is 13.4. The van der Waals surface area contributed by atoms with Gasteiger partial charge in [0.25, 0.3) is 0 Å². The van der Waals surface area contributed by atoms with Crippen LogP contribution in [0, 0.1) is 0 Å². The van der Waals surface area contributed by atoms with Gasteiger partial charge in [0.15, 0.2) is 0 Å². The third-order valence-corrected chi connectivity index (χ3v) is 3.70. The minimum absolute atomic E-state index is 0.214. The summed E-state index contributed by atoms with van der Waals surface area (Å²) in [5.74, 6) is 1.03. The number of rotatable bonds is 7. The lowest BCUT2D eigenvalue weighted by molar-refractivity contribution is 0.658. The molecule has 114 valence electrons. The Hall–Kier alpha value is -2.04. The van der Waals surface area contributed by atoms with Crippen molar-refractivity contribution in [1.29, 1.82) is 0 Å². The topological polar surface area (TPSA) is 46.0 Å². The molecule has 0 aliphatic carbocycles. The summed E-state index contributed by atoms with van der Waals surface area (Å²) in [7, 11) is 0. The number of nitrogens with zero attached hydrogens (tertiary/aromatic N) is 4. The molecule has 0 saturated carbocycles. The number of aromatic nitrogens is 3. The Morgan fingerprint density at radius 3 is 2.48 bits per heavy atom. The first-order valence-electron chi connectivity index (χ1n) is 7.67. The van der Waals surface area contributed by atoms with Crippen LogP contribution >= 0.6 is 0 Å². The summed E-state index contributed by atoms with van der Waals surface area (Å²) in [5.41, 5.74) is 2.22. The lowest BCUT2D eigenvalue weighted by atomic mass is 10.2. The molecule has 0 saturated heterocycles. The molecule has 0 fully saturated rings. The van der Waals surface area contributed by atoms with E-state index < -0.39 is 0 Å². The summed E-state index contributed by atoms with van der Waals surface area (Å²) < 4.78 is 1.94. The van der Waals surface area contributed by atoms with Crippen molar-refractivity contribution >= 4 is 11.5 Å². The molecule has 0 bridgehead atoms. The molecule has 1 atom stereocenters. The fourth-order valence-corrected chi connectivity index (χ4v) is 2.32. The smallest absolute Gasteiger partial charge is 0.128 e. The quantitative estimate of drug-likeness (QED) is 0.848. The molecular weight excluding hydrogens is 262 g/mol. The second kappa shape index (κ2) is 7.11. The van der Waals surface area contributed by atoms with Gasteiger partial charge in [-0.1, -0.05) is 0 Å². The van der Waals surface area contributed by atoms with Crippen LogP contribution in [0.15, 0.2) is 30.7 Å². The average molecular weight is 287 g/mol. The van der Waals surface area contributed by atoms with E-state index in [1.54, 1.807) is 0 Å². The van der Waals surface area contributed by atoms with Crippen LogP contribution in [0.3, 0.4) is 0 Å². The van der Waals surface area contributed by atoms with E-state index in [0.29, 0.717) is 0 Å². The molecule has 5 nitrogen and oxygen atoms in total. The van der Waals surface area contributed by atoms with E-state index >= 15 is 0 Å². The van der Waals surface area contributed by atoms with Gasteiger partial charge in [-0.2, -0.15) is 5.10 Å². The first-order valence-corrected chi connectivity index (χ1v) is 7.67. The molecule has 0 aliphatic rings. The molecule has 0 aromatic carbocycles. The lowest BCUT2D eigenvalue weighted by Gasteiger charge is -2.20. The summed E-state index contributed by atoms with van der Waals surface area (Å²) in [4.78, 5) is 6.77. The van der Waals surface area contributed by atoms with Crippen LogP contribution in [0.4, 0.5) is 11.5 Å². The summed E-state index contributed by atoms with van der Waals surface area (Å²) in [6, 6.07) is 4.37. The Kier molecular flexibility index (Phi) is 5.20. The van der Waals surface area contributed by atoms with Gasteiger partial charge in [-0.05, 0) is 39.8 Å². The van der Waals surface area contributed by atoms with Gasteiger partial charge in [0, 0.05) is 31.4 Å². The maximum absolute atomic E-state index is 4.53. The van der Waals surface area contributed by atoms with Crippen LogP contribution in [0.5, 0.6) is 0 Å². The molecule has 21 heavy (non-hydrogen) atoms. The Morgan fingerprint density at radius 1 is 1.19 bits per heavy atom. The SMILES string of the molecule is CCN(CC)c1ccc(NC(C)c2cnn(CC)c2)cn1. The summed E-state index contributed by atoms with van der Waals surface area (Å²) in [6.45, 7) is 11.4. The molecule has 2 rings (SSSR count). The highest BCUT2D eigenvalue weighted by Crippen LogP contribution is 2.20. The summed E-state index contributed by atoms with van der Waals surface area (Å²) in [5, 5.41) is 7.77. The fraction of sp³-hybridized carbons (Fsp3) is 0.500. The number of pyridine rings is 1. The highest BCUT2D eigenvalue weighted by molar-refractivity contribution is 5.49. The third kappa shape index (κ3) is 3.74. The Labute approximate surface area is 127 Å². The molecular formula is C16H25N5. The predicted octanol–water partition coefficient (Wildman–Crippen LogP) is 3.32. The third-order valence-electron chi connectivity index (χ3n) is 3.70. The van der Waals surface area contributed by atoms with E-state index in [-0.39, 0.29) is 6.04 Å². The fourth-order valence-electron chi connectivity index (χ4n) is 2.32. The average Bonchev–Trinajstić information content (AvgIpc) is 2.99. The number of nitrogens with one attached hydrogen (secondary N) is 1. The second-order valence-corrected chi connectivity index (χ2v) is 5.07. The van der Waals surface area contributed by atoms with Gasteiger partial charge in [-0.15, -0.1) is 0 Å². The van der Waals surface area contributed by atoms with Crippen molar-refractivity contribution in [3.63, 3.8) is 0 Å². The standard InChI is InChI=1S/C16H25N5/c1-5-20(6-2)16-9-8-15(11-17-16)19-13(4)14-10-18-21(7-3)12-14/h8-13,19H,5-7H2,1-4H3. The molecule has 0 radical (unpaired) electrons. The van der Waals surface area contributed by atoms with Crippen molar-refractivity contribution in [2.45, 2.75) is 40.3 Å². The van der Waals surface area contributed by atoms with E-state index in [4.69, 9.17) is 0 Å². The van der Waals surface area contributed by atoms with Crippen molar-refractivity contribution in [1.82, 2.24) is 14.8 Å². The van der Waals surface area contributed by atoms with Crippen LogP contribution in [0.2, 0.25) is 0 Å². The Balaban J connectivity index is 2.02. The van der Waals surface area contributed by atoms with Crippen LogP contribution in [0.1, 0.15) is 39.3 Å². The minimum Gasteiger partial charge on any atom is -0.377 e. The number of anilines is 2. The van der Waals surface area contributed by atoms with E-state index in [9.17, 15) is 0 Å². The van der Waals surface area contributed by atoms with Gasteiger partial charge in [0.05, 0.1) is 24.1 Å². The van der Waals surface area contributed by atoms with Crippen LogP contribution in [-0.4, -0.2) is 27.9 Å². The highest BCUT2D eigenvalue weighted by atomic mass is 15.3. The maximum atomic E-state index is 4.53. The van der Waals surface area contributed by atoms with E-state index in [1.165, 1.54) is 5.56 Å². The van der Waals surface area contributed by atoms with Crippen molar-refractivity contribution in [2.24, 2.45) is 0 Å². The van der Waals surface area contributed by atoms with Crippen molar-refractivity contribution in [3.05, 3.63) is 36.3 Å². The largest absolute Gasteiger partial charge is 0.377 e. The minimum atomic E-state index is 0.214. The van der Waals surface area contributed by atoms with Crippen molar-refractivity contribution < 1.29 is 0 Å². The zero-order valence-electron chi connectivity index (χ0n) is 13.4. The lowest BCUT2D eigenvalue weighted by Crippen LogP contribution is -2.22. The Bertz CT molecular complexity index is 542. The molecule has 0 spiro atoms. The Morgan fingerprint density at radius 2 is 1.95 bits per heavy atom. The molecule has 0 aliphatic heterocycles. The molecule has 1 unspecified atom stereocenters. The molecule has 2 aromatic heterocycles. The van der Waals surface area contributed by atoms with E-state index in [2.05, 4.69) is 66.3 Å².